The van der Waals surface area contributed by atoms with Crippen molar-refractivity contribution in [2.45, 2.75) is 19.9 Å². The summed E-state index contributed by atoms with van der Waals surface area (Å²) >= 11 is 0. The summed E-state index contributed by atoms with van der Waals surface area (Å²) in [7, 11) is -0.694. The first-order valence-corrected chi connectivity index (χ1v) is 9.97. The standard InChI is InChI=1S/C22H21N2P/c1-17(2)24-21-16-10-9-15-20(21)23-22(24)25(18-11-5-3-6-12-18)19-13-7-4-8-14-19/h3-17H,1-2H3. The maximum Gasteiger partial charge on any atom is 0.141 e. The summed E-state index contributed by atoms with van der Waals surface area (Å²) in [5, 5.41) is 2.67. The SMILES string of the molecule is CC(C)n1c(P(c2ccccc2)c2ccccc2)nc2ccccc21. The second kappa shape index (κ2) is 6.82. The molecule has 0 saturated heterocycles. The van der Waals surface area contributed by atoms with Gasteiger partial charge in [0.2, 0.25) is 0 Å². The van der Waals surface area contributed by atoms with E-state index in [1.54, 1.807) is 0 Å². The Morgan fingerprint density at radius 1 is 0.720 bits per heavy atom. The Morgan fingerprint density at radius 3 is 1.80 bits per heavy atom. The van der Waals surface area contributed by atoms with Crippen LogP contribution in [0.2, 0.25) is 0 Å². The normalized spacial score (nSPS) is 11.5. The van der Waals surface area contributed by atoms with Crippen LogP contribution in [0.25, 0.3) is 11.0 Å². The van der Waals surface area contributed by atoms with E-state index >= 15 is 0 Å². The highest BCUT2D eigenvalue weighted by molar-refractivity contribution is 7.79. The van der Waals surface area contributed by atoms with Crippen molar-refractivity contribution in [2.24, 2.45) is 0 Å². The predicted octanol–water partition coefficient (Wildman–Crippen LogP) is 4.38. The quantitative estimate of drug-likeness (QED) is 0.503. The van der Waals surface area contributed by atoms with Crippen LogP contribution in [0.4, 0.5) is 0 Å². The van der Waals surface area contributed by atoms with E-state index in [4.69, 9.17) is 4.98 Å². The number of aromatic nitrogens is 2. The Kier molecular flexibility index (Phi) is 4.38. The smallest absolute Gasteiger partial charge is 0.141 e. The molecule has 2 nitrogen and oxygen atoms in total. The third-order valence-corrected chi connectivity index (χ3v) is 6.67. The molecule has 0 bridgehead atoms. The highest BCUT2D eigenvalue weighted by atomic mass is 31.1. The average Bonchev–Trinajstić information content (AvgIpc) is 3.03. The molecule has 0 unspecified atom stereocenters. The molecule has 25 heavy (non-hydrogen) atoms. The minimum Gasteiger partial charge on any atom is -0.321 e. The molecule has 124 valence electrons. The van der Waals surface area contributed by atoms with Crippen molar-refractivity contribution in [3.8, 4) is 0 Å². The molecule has 0 aliphatic rings. The van der Waals surface area contributed by atoms with E-state index in [0.717, 1.165) is 5.52 Å². The zero-order valence-electron chi connectivity index (χ0n) is 14.5. The number of rotatable bonds is 4. The Hall–Kier alpha value is -2.44. The van der Waals surface area contributed by atoms with Crippen LogP contribution in [-0.4, -0.2) is 9.55 Å². The monoisotopic (exact) mass is 344 g/mol. The van der Waals surface area contributed by atoms with E-state index in [9.17, 15) is 0 Å². The van der Waals surface area contributed by atoms with Gasteiger partial charge in [-0.3, -0.25) is 0 Å². The van der Waals surface area contributed by atoms with Gasteiger partial charge in [-0.25, -0.2) is 4.98 Å². The van der Waals surface area contributed by atoms with Gasteiger partial charge in [0.1, 0.15) is 5.57 Å². The second-order valence-electron chi connectivity index (χ2n) is 6.37. The number of imidazole rings is 1. The Labute approximate surface area is 149 Å². The molecule has 3 aromatic carbocycles. The topological polar surface area (TPSA) is 17.8 Å². The molecule has 1 heterocycles. The molecule has 0 aliphatic carbocycles. The second-order valence-corrected chi connectivity index (χ2v) is 8.47. The average molecular weight is 344 g/mol. The zero-order valence-corrected chi connectivity index (χ0v) is 15.4. The van der Waals surface area contributed by atoms with Crippen molar-refractivity contribution in [1.29, 1.82) is 0 Å². The molecule has 0 radical (unpaired) electrons. The van der Waals surface area contributed by atoms with Gasteiger partial charge in [-0.1, -0.05) is 72.8 Å². The van der Waals surface area contributed by atoms with Gasteiger partial charge in [0.05, 0.1) is 11.0 Å². The molecule has 4 rings (SSSR count). The lowest BCUT2D eigenvalue weighted by Gasteiger charge is -2.22. The van der Waals surface area contributed by atoms with Gasteiger partial charge in [0.25, 0.3) is 0 Å². The van der Waals surface area contributed by atoms with Crippen LogP contribution in [0.15, 0.2) is 84.9 Å². The van der Waals surface area contributed by atoms with Crippen molar-refractivity contribution in [3.63, 3.8) is 0 Å². The molecule has 0 amide bonds. The van der Waals surface area contributed by atoms with Crippen molar-refractivity contribution in [3.05, 3.63) is 84.9 Å². The summed E-state index contributed by atoms with van der Waals surface area (Å²) < 4.78 is 2.40. The number of hydrogen-bond acceptors (Lipinski definition) is 1. The van der Waals surface area contributed by atoms with Crippen LogP contribution in [0, 0.1) is 0 Å². The van der Waals surface area contributed by atoms with Crippen LogP contribution in [0.1, 0.15) is 19.9 Å². The first-order valence-electron chi connectivity index (χ1n) is 8.63. The third-order valence-electron chi connectivity index (χ3n) is 4.32. The van der Waals surface area contributed by atoms with Crippen LogP contribution in [0.3, 0.4) is 0 Å². The zero-order chi connectivity index (χ0) is 17.2. The summed E-state index contributed by atoms with van der Waals surface area (Å²) in [5.41, 5.74) is 3.46. The number of nitrogens with zero attached hydrogens (tertiary/aromatic N) is 2. The minimum atomic E-state index is -0.694. The van der Waals surface area contributed by atoms with Gasteiger partial charge in [-0.05, 0) is 36.6 Å². The fourth-order valence-corrected chi connectivity index (χ4v) is 5.70. The molecule has 4 aromatic rings. The molecule has 0 fully saturated rings. The molecular formula is C22H21N2P. The van der Waals surface area contributed by atoms with E-state index in [1.807, 2.05) is 0 Å². The summed E-state index contributed by atoms with van der Waals surface area (Å²) in [6, 6.07) is 30.4. The van der Waals surface area contributed by atoms with Gasteiger partial charge in [-0.2, -0.15) is 0 Å². The Bertz CT molecular complexity index is 935. The van der Waals surface area contributed by atoms with E-state index in [1.165, 1.54) is 21.7 Å². The highest BCUT2D eigenvalue weighted by Crippen LogP contribution is 2.34. The van der Waals surface area contributed by atoms with Gasteiger partial charge >= 0.3 is 0 Å². The van der Waals surface area contributed by atoms with E-state index < -0.39 is 7.92 Å². The van der Waals surface area contributed by atoms with Gasteiger partial charge in [0.15, 0.2) is 0 Å². The predicted molar refractivity (Wildman–Crippen MR) is 109 cm³/mol. The first kappa shape index (κ1) is 16.1. The summed E-state index contributed by atoms with van der Waals surface area (Å²) in [6.45, 7) is 4.47. The Morgan fingerprint density at radius 2 is 1.24 bits per heavy atom. The molecular weight excluding hydrogens is 323 g/mol. The molecule has 0 N–H and O–H groups in total. The fraction of sp³-hybridized carbons (Fsp3) is 0.136. The number of para-hydroxylation sites is 2. The summed E-state index contributed by atoms with van der Waals surface area (Å²) in [4.78, 5) is 5.08. The summed E-state index contributed by atoms with van der Waals surface area (Å²) in [6.07, 6.45) is 0. The number of hydrogen-bond donors (Lipinski definition) is 0. The molecule has 1 aromatic heterocycles. The van der Waals surface area contributed by atoms with Crippen LogP contribution in [-0.2, 0) is 0 Å². The van der Waals surface area contributed by atoms with E-state index in [0.29, 0.717) is 6.04 Å². The first-order chi connectivity index (χ1) is 12.3. The largest absolute Gasteiger partial charge is 0.321 e. The van der Waals surface area contributed by atoms with Crippen LogP contribution >= 0.6 is 7.92 Å². The minimum absolute atomic E-state index is 0.361. The maximum absolute atomic E-state index is 5.08. The fourth-order valence-electron chi connectivity index (χ4n) is 3.23. The van der Waals surface area contributed by atoms with Crippen molar-refractivity contribution in [1.82, 2.24) is 9.55 Å². The highest BCUT2D eigenvalue weighted by Gasteiger charge is 2.24. The molecule has 0 aliphatic heterocycles. The molecule has 0 spiro atoms. The lowest BCUT2D eigenvalue weighted by Crippen LogP contribution is -2.28. The van der Waals surface area contributed by atoms with Crippen LogP contribution in [0.5, 0.6) is 0 Å². The maximum atomic E-state index is 5.08. The van der Waals surface area contributed by atoms with Crippen LogP contribution < -0.4 is 16.2 Å². The van der Waals surface area contributed by atoms with Gasteiger partial charge in [-0.15, -0.1) is 0 Å². The molecule has 3 heteroatoms. The summed E-state index contributed by atoms with van der Waals surface area (Å²) in [5.74, 6) is 0. The van der Waals surface area contributed by atoms with Gasteiger partial charge in [0, 0.05) is 14.0 Å². The molecule has 0 saturated carbocycles. The molecule has 0 atom stereocenters. The third kappa shape index (κ3) is 2.99. The lowest BCUT2D eigenvalue weighted by atomic mass is 10.3. The lowest BCUT2D eigenvalue weighted by molar-refractivity contribution is 0.634. The van der Waals surface area contributed by atoms with Crippen molar-refractivity contribution >= 4 is 35.1 Å². The number of fused-ring (bicyclic) bond motifs is 1. The van der Waals surface area contributed by atoms with Crippen molar-refractivity contribution < 1.29 is 0 Å². The van der Waals surface area contributed by atoms with Gasteiger partial charge < -0.3 is 4.57 Å². The number of benzene rings is 3. The van der Waals surface area contributed by atoms with E-state index in [-0.39, 0.29) is 0 Å². The van der Waals surface area contributed by atoms with Crippen molar-refractivity contribution in [2.75, 3.05) is 0 Å². The van der Waals surface area contributed by atoms with E-state index in [2.05, 4.69) is 103 Å². The Balaban J connectivity index is 2.00.